The fraction of sp³-hybridized carbons (Fsp3) is 0.700. The lowest BCUT2D eigenvalue weighted by Gasteiger charge is -2.07. The molecule has 0 radical (unpaired) electrons. The minimum absolute atomic E-state index is 0.211. The predicted octanol–water partition coefficient (Wildman–Crippen LogP) is 1.21. The van der Waals surface area contributed by atoms with Gasteiger partial charge in [0.05, 0.1) is 32.1 Å². The SMILES string of the molecule is CCOC(=S)SCc1cn(CC2OCCO2)nn1. The van der Waals surface area contributed by atoms with Crippen LogP contribution in [0, 0.1) is 0 Å². The summed E-state index contributed by atoms with van der Waals surface area (Å²) in [6, 6.07) is 0. The fourth-order valence-corrected chi connectivity index (χ4v) is 2.35. The van der Waals surface area contributed by atoms with Crippen LogP contribution in [0.15, 0.2) is 6.20 Å². The van der Waals surface area contributed by atoms with Gasteiger partial charge in [-0.3, -0.25) is 0 Å². The molecule has 0 atom stereocenters. The van der Waals surface area contributed by atoms with Gasteiger partial charge >= 0.3 is 0 Å². The van der Waals surface area contributed by atoms with Gasteiger partial charge in [-0.1, -0.05) is 17.0 Å². The number of aromatic nitrogens is 3. The summed E-state index contributed by atoms with van der Waals surface area (Å²) in [5, 5.41) is 8.07. The van der Waals surface area contributed by atoms with Crippen LogP contribution in [0.5, 0.6) is 0 Å². The molecular formula is C10H15N3O3S2. The molecule has 0 unspecified atom stereocenters. The number of thioether (sulfide) groups is 1. The van der Waals surface area contributed by atoms with Gasteiger partial charge in [0.1, 0.15) is 0 Å². The molecule has 1 aromatic heterocycles. The van der Waals surface area contributed by atoms with Crippen LogP contribution >= 0.6 is 24.0 Å². The third kappa shape index (κ3) is 4.20. The van der Waals surface area contributed by atoms with Crippen LogP contribution in [-0.2, 0) is 26.5 Å². The zero-order chi connectivity index (χ0) is 12.8. The van der Waals surface area contributed by atoms with Crippen molar-refractivity contribution in [2.75, 3.05) is 19.8 Å². The van der Waals surface area contributed by atoms with Crippen molar-refractivity contribution in [2.24, 2.45) is 0 Å². The van der Waals surface area contributed by atoms with Crippen LogP contribution in [0.3, 0.4) is 0 Å². The van der Waals surface area contributed by atoms with Gasteiger partial charge in [0.2, 0.25) is 4.38 Å². The van der Waals surface area contributed by atoms with Crippen LogP contribution in [0.1, 0.15) is 12.6 Å². The molecular weight excluding hydrogens is 274 g/mol. The van der Waals surface area contributed by atoms with Crippen molar-refractivity contribution in [3.05, 3.63) is 11.9 Å². The molecule has 0 saturated carbocycles. The maximum Gasteiger partial charge on any atom is 0.220 e. The second kappa shape index (κ2) is 7.03. The lowest BCUT2D eigenvalue weighted by Crippen LogP contribution is -2.17. The van der Waals surface area contributed by atoms with E-state index >= 15 is 0 Å². The summed E-state index contributed by atoms with van der Waals surface area (Å²) < 4.78 is 18.1. The summed E-state index contributed by atoms with van der Waals surface area (Å²) in [5.41, 5.74) is 0.861. The Kier molecular flexibility index (Phi) is 5.36. The van der Waals surface area contributed by atoms with E-state index in [0.29, 0.717) is 36.5 Å². The number of ether oxygens (including phenoxy) is 3. The van der Waals surface area contributed by atoms with E-state index in [9.17, 15) is 0 Å². The van der Waals surface area contributed by atoms with Crippen LogP contribution in [0.25, 0.3) is 0 Å². The predicted molar refractivity (Wildman–Crippen MR) is 71.2 cm³/mol. The van der Waals surface area contributed by atoms with Gasteiger partial charge in [-0.2, -0.15) is 0 Å². The topological polar surface area (TPSA) is 58.4 Å². The third-order valence-electron chi connectivity index (χ3n) is 2.21. The number of hydrogen-bond donors (Lipinski definition) is 0. The van der Waals surface area contributed by atoms with Crippen molar-refractivity contribution < 1.29 is 14.2 Å². The standard InChI is InChI=1S/C10H15N3O3S2/c1-2-14-10(17)18-7-8-5-13(12-11-8)6-9-15-3-4-16-9/h5,9H,2-4,6-7H2,1H3. The molecule has 0 aliphatic carbocycles. The van der Waals surface area contributed by atoms with Crippen molar-refractivity contribution in [1.82, 2.24) is 15.0 Å². The largest absolute Gasteiger partial charge is 0.479 e. The van der Waals surface area contributed by atoms with Crippen molar-refractivity contribution in [3.8, 4) is 0 Å². The van der Waals surface area contributed by atoms with E-state index in [-0.39, 0.29) is 6.29 Å². The highest BCUT2D eigenvalue weighted by Crippen LogP contribution is 2.13. The molecule has 0 aromatic carbocycles. The quantitative estimate of drug-likeness (QED) is 0.755. The molecule has 100 valence electrons. The zero-order valence-electron chi connectivity index (χ0n) is 10.1. The summed E-state index contributed by atoms with van der Waals surface area (Å²) in [7, 11) is 0. The highest BCUT2D eigenvalue weighted by molar-refractivity contribution is 8.22. The molecule has 1 fully saturated rings. The number of nitrogens with zero attached hydrogens (tertiary/aromatic N) is 3. The Morgan fingerprint density at radius 2 is 2.39 bits per heavy atom. The normalized spacial score (nSPS) is 16.1. The van der Waals surface area contributed by atoms with Gasteiger partial charge in [0.15, 0.2) is 6.29 Å². The molecule has 1 saturated heterocycles. The molecule has 0 amide bonds. The Morgan fingerprint density at radius 1 is 1.61 bits per heavy atom. The lowest BCUT2D eigenvalue weighted by atomic mass is 10.5. The summed E-state index contributed by atoms with van der Waals surface area (Å²) in [6.45, 7) is 4.35. The van der Waals surface area contributed by atoms with Crippen molar-refractivity contribution >= 4 is 28.4 Å². The number of thiocarbonyl (C=S) groups is 1. The second-order valence-electron chi connectivity index (χ2n) is 3.57. The first kappa shape index (κ1) is 13.7. The lowest BCUT2D eigenvalue weighted by molar-refractivity contribution is -0.0548. The van der Waals surface area contributed by atoms with E-state index in [4.69, 9.17) is 26.4 Å². The monoisotopic (exact) mass is 289 g/mol. The Balaban J connectivity index is 1.76. The van der Waals surface area contributed by atoms with Gasteiger partial charge in [0, 0.05) is 11.9 Å². The summed E-state index contributed by atoms with van der Waals surface area (Å²) in [5.74, 6) is 0.658. The number of hydrogen-bond acceptors (Lipinski definition) is 7. The highest BCUT2D eigenvalue weighted by atomic mass is 32.2. The minimum atomic E-state index is -0.211. The molecule has 18 heavy (non-hydrogen) atoms. The molecule has 0 bridgehead atoms. The highest BCUT2D eigenvalue weighted by Gasteiger charge is 2.17. The smallest absolute Gasteiger partial charge is 0.220 e. The molecule has 2 heterocycles. The second-order valence-corrected chi connectivity index (χ2v) is 5.15. The third-order valence-corrected chi connectivity index (χ3v) is 3.48. The molecule has 8 heteroatoms. The first-order chi connectivity index (χ1) is 8.78. The molecule has 0 N–H and O–H groups in total. The van der Waals surface area contributed by atoms with E-state index < -0.39 is 0 Å². The van der Waals surface area contributed by atoms with Crippen LogP contribution < -0.4 is 0 Å². The maximum absolute atomic E-state index is 5.34. The molecule has 0 spiro atoms. The number of rotatable bonds is 5. The Morgan fingerprint density at radius 3 is 3.11 bits per heavy atom. The van der Waals surface area contributed by atoms with E-state index in [1.165, 1.54) is 11.8 Å². The Labute approximate surface area is 115 Å². The Hall–Kier alpha value is -0.700. The first-order valence-electron chi connectivity index (χ1n) is 5.69. The average Bonchev–Trinajstić information content (AvgIpc) is 2.99. The molecule has 1 aromatic rings. The first-order valence-corrected chi connectivity index (χ1v) is 7.09. The average molecular weight is 289 g/mol. The van der Waals surface area contributed by atoms with Crippen molar-refractivity contribution in [1.29, 1.82) is 0 Å². The van der Waals surface area contributed by atoms with Gasteiger partial charge in [-0.25, -0.2) is 4.68 Å². The van der Waals surface area contributed by atoms with Crippen molar-refractivity contribution in [2.45, 2.75) is 25.5 Å². The van der Waals surface area contributed by atoms with Gasteiger partial charge in [0.25, 0.3) is 0 Å². The van der Waals surface area contributed by atoms with Crippen LogP contribution in [0.4, 0.5) is 0 Å². The van der Waals surface area contributed by atoms with E-state index in [0.717, 1.165) is 5.69 Å². The molecule has 2 rings (SSSR count). The van der Waals surface area contributed by atoms with Gasteiger partial charge in [-0.05, 0) is 19.1 Å². The van der Waals surface area contributed by atoms with E-state index in [1.807, 2.05) is 13.1 Å². The summed E-state index contributed by atoms with van der Waals surface area (Å²) in [4.78, 5) is 0. The molecule has 1 aliphatic rings. The molecule has 1 aliphatic heterocycles. The minimum Gasteiger partial charge on any atom is -0.479 e. The fourth-order valence-electron chi connectivity index (χ4n) is 1.45. The van der Waals surface area contributed by atoms with Crippen LogP contribution in [0.2, 0.25) is 0 Å². The van der Waals surface area contributed by atoms with Crippen LogP contribution in [-0.4, -0.2) is 45.5 Å². The summed E-state index contributed by atoms with van der Waals surface area (Å²) in [6.07, 6.45) is 1.66. The van der Waals surface area contributed by atoms with Gasteiger partial charge in [-0.15, -0.1) is 5.10 Å². The molecule has 6 nitrogen and oxygen atoms in total. The van der Waals surface area contributed by atoms with Gasteiger partial charge < -0.3 is 14.2 Å². The maximum atomic E-state index is 5.34. The zero-order valence-corrected chi connectivity index (χ0v) is 11.7. The van der Waals surface area contributed by atoms with E-state index in [2.05, 4.69) is 10.3 Å². The Bertz CT molecular complexity index is 393. The summed E-state index contributed by atoms with van der Waals surface area (Å²) >= 11 is 6.46. The van der Waals surface area contributed by atoms with Crippen molar-refractivity contribution in [3.63, 3.8) is 0 Å². The van der Waals surface area contributed by atoms with E-state index in [1.54, 1.807) is 4.68 Å².